The molecule has 1 saturated heterocycles. The average molecular weight is 417 g/mol. The van der Waals surface area contributed by atoms with Crippen molar-refractivity contribution in [1.82, 2.24) is 20.1 Å². The van der Waals surface area contributed by atoms with Crippen molar-refractivity contribution >= 4 is 38.1 Å². The van der Waals surface area contributed by atoms with Gasteiger partial charge in [0.25, 0.3) is 5.91 Å². The van der Waals surface area contributed by atoms with Crippen LogP contribution in [0.4, 0.5) is 0 Å². The number of hydrogen-bond donors (Lipinski definition) is 1. The van der Waals surface area contributed by atoms with E-state index in [-0.39, 0.29) is 23.5 Å². The third-order valence-electron chi connectivity index (χ3n) is 4.82. The standard InChI is InChI=1S/C19H20N4O3S2/c1-3-7-20-19(24)14-10-15(16-5-4-8-27-16)21-18-17(14)12(2)22-23(18)13-6-9-28(25,26)11-13/h3-5,8,10,13H,1,6-7,9,11H2,2H3,(H,20,24). The fraction of sp³-hybridized carbons (Fsp3) is 0.316. The van der Waals surface area contributed by atoms with E-state index in [1.54, 1.807) is 16.8 Å². The first kappa shape index (κ1) is 18.8. The van der Waals surface area contributed by atoms with Crippen LogP contribution in [0.25, 0.3) is 21.6 Å². The van der Waals surface area contributed by atoms with Crippen molar-refractivity contribution < 1.29 is 13.2 Å². The van der Waals surface area contributed by atoms with E-state index >= 15 is 0 Å². The monoisotopic (exact) mass is 416 g/mol. The third-order valence-corrected chi connectivity index (χ3v) is 7.46. The number of nitrogens with zero attached hydrogens (tertiary/aromatic N) is 3. The summed E-state index contributed by atoms with van der Waals surface area (Å²) >= 11 is 1.53. The highest BCUT2D eigenvalue weighted by atomic mass is 32.2. The molecule has 7 nitrogen and oxygen atoms in total. The Morgan fingerprint density at radius 2 is 2.32 bits per heavy atom. The predicted octanol–water partition coefficient (Wildman–Crippen LogP) is 2.74. The number of thiophene rings is 1. The summed E-state index contributed by atoms with van der Waals surface area (Å²) in [6.07, 6.45) is 2.12. The van der Waals surface area contributed by atoms with Gasteiger partial charge in [-0.2, -0.15) is 5.10 Å². The molecule has 4 rings (SSSR count). The number of fused-ring (bicyclic) bond motifs is 1. The van der Waals surface area contributed by atoms with Crippen LogP contribution in [0.2, 0.25) is 0 Å². The average Bonchev–Trinajstić information content (AvgIpc) is 3.38. The fourth-order valence-corrected chi connectivity index (χ4v) is 5.90. The lowest BCUT2D eigenvalue weighted by Crippen LogP contribution is -2.23. The predicted molar refractivity (Wildman–Crippen MR) is 110 cm³/mol. The molecule has 1 amide bonds. The molecule has 0 bridgehead atoms. The van der Waals surface area contributed by atoms with Gasteiger partial charge in [0.1, 0.15) is 0 Å². The van der Waals surface area contributed by atoms with Gasteiger partial charge in [-0.3, -0.25) is 4.79 Å². The molecule has 1 unspecified atom stereocenters. The maximum Gasteiger partial charge on any atom is 0.252 e. The molecule has 28 heavy (non-hydrogen) atoms. The zero-order valence-electron chi connectivity index (χ0n) is 15.4. The molecule has 0 aromatic carbocycles. The van der Waals surface area contributed by atoms with Gasteiger partial charge in [0.05, 0.1) is 44.8 Å². The Morgan fingerprint density at radius 1 is 1.50 bits per heavy atom. The summed E-state index contributed by atoms with van der Waals surface area (Å²) in [5, 5.41) is 10.0. The first-order valence-corrected chi connectivity index (χ1v) is 11.6. The first-order chi connectivity index (χ1) is 13.4. The van der Waals surface area contributed by atoms with Crippen LogP contribution in [0.3, 0.4) is 0 Å². The third kappa shape index (κ3) is 3.35. The first-order valence-electron chi connectivity index (χ1n) is 8.93. The van der Waals surface area contributed by atoms with Gasteiger partial charge < -0.3 is 5.32 Å². The molecule has 3 aromatic rings. The lowest BCUT2D eigenvalue weighted by atomic mass is 10.1. The molecule has 4 heterocycles. The van der Waals surface area contributed by atoms with E-state index in [0.29, 0.717) is 41.0 Å². The van der Waals surface area contributed by atoms with E-state index in [1.807, 2.05) is 24.4 Å². The van der Waals surface area contributed by atoms with Crippen molar-refractivity contribution in [3.05, 3.63) is 47.5 Å². The van der Waals surface area contributed by atoms with Gasteiger partial charge >= 0.3 is 0 Å². The van der Waals surface area contributed by atoms with Gasteiger partial charge in [-0.25, -0.2) is 18.1 Å². The van der Waals surface area contributed by atoms with Gasteiger partial charge in [-0.15, -0.1) is 17.9 Å². The zero-order chi connectivity index (χ0) is 19.9. The summed E-state index contributed by atoms with van der Waals surface area (Å²) in [7, 11) is -3.07. The van der Waals surface area contributed by atoms with Gasteiger partial charge in [0.2, 0.25) is 0 Å². The van der Waals surface area contributed by atoms with Crippen LogP contribution in [-0.4, -0.2) is 47.1 Å². The molecule has 0 spiro atoms. The summed E-state index contributed by atoms with van der Waals surface area (Å²) in [5.74, 6) is -0.0339. The van der Waals surface area contributed by atoms with Crippen LogP contribution < -0.4 is 5.32 Å². The molecule has 1 N–H and O–H groups in total. The van der Waals surface area contributed by atoms with Crippen LogP contribution in [0, 0.1) is 6.92 Å². The number of sulfone groups is 1. The van der Waals surface area contributed by atoms with Crippen molar-refractivity contribution in [1.29, 1.82) is 0 Å². The summed E-state index contributed by atoms with van der Waals surface area (Å²) in [5.41, 5.74) is 2.37. The van der Waals surface area contributed by atoms with Crippen molar-refractivity contribution in [2.24, 2.45) is 0 Å². The van der Waals surface area contributed by atoms with E-state index in [9.17, 15) is 13.2 Å². The minimum atomic E-state index is -3.07. The molecule has 0 saturated carbocycles. The van der Waals surface area contributed by atoms with Gasteiger partial charge in [-0.05, 0) is 30.9 Å². The molecule has 0 aliphatic carbocycles. The fourth-order valence-electron chi connectivity index (χ4n) is 3.53. The molecule has 9 heteroatoms. The minimum absolute atomic E-state index is 0.0477. The molecule has 3 aromatic heterocycles. The lowest BCUT2D eigenvalue weighted by molar-refractivity contribution is 0.0959. The van der Waals surface area contributed by atoms with Crippen LogP contribution >= 0.6 is 11.3 Å². The molecule has 1 aliphatic rings. The summed E-state index contributed by atoms with van der Waals surface area (Å²) in [6.45, 7) is 5.81. The van der Waals surface area contributed by atoms with Crippen LogP contribution in [0.1, 0.15) is 28.5 Å². The quantitative estimate of drug-likeness (QED) is 0.646. The molecule has 1 aliphatic heterocycles. The van der Waals surface area contributed by atoms with Crippen LogP contribution in [0.5, 0.6) is 0 Å². The Hall–Kier alpha value is -2.52. The number of hydrogen-bond acceptors (Lipinski definition) is 6. The van der Waals surface area contributed by atoms with E-state index in [0.717, 1.165) is 4.88 Å². The SMILES string of the molecule is C=CCNC(=O)c1cc(-c2cccs2)nc2c1c(C)nn2C1CCS(=O)(=O)C1. The number of pyridine rings is 1. The van der Waals surface area contributed by atoms with E-state index in [4.69, 9.17) is 4.98 Å². The Labute approximate surface area is 167 Å². The second-order valence-corrected chi connectivity index (χ2v) is 9.99. The van der Waals surface area contributed by atoms with Crippen molar-refractivity contribution in [3.8, 4) is 10.6 Å². The number of aryl methyl sites for hydroxylation is 1. The highest BCUT2D eigenvalue weighted by Gasteiger charge is 2.32. The highest BCUT2D eigenvalue weighted by molar-refractivity contribution is 7.91. The molecule has 1 atom stereocenters. The summed E-state index contributed by atoms with van der Waals surface area (Å²) in [6, 6.07) is 5.38. The molecule has 1 fully saturated rings. The van der Waals surface area contributed by atoms with E-state index in [1.165, 1.54) is 11.3 Å². The Kier molecular flexibility index (Phi) is 4.80. The second kappa shape index (κ2) is 7.14. The second-order valence-electron chi connectivity index (χ2n) is 6.82. The number of aromatic nitrogens is 3. The Morgan fingerprint density at radius 3 is 2.96 bits per heavy atom. The van der Waals surface area contributed by atoms with Crippen LogP contribution in [-0.2, 0) is 9.84 Å². The van der Waals surface area contributed by atoms with Crippen molar-refractivity contribution in [2.45, 2.75) is 19.4 Å². The van der Waals surface area contributed by atoms with Gasteiger partial charge in [0.15, 0.2) is 15.5 Å². The lowest BCUT2D eigenvalue weighted by Gasteiger charge is -2.11. The number of amides is 1. The maximum atomic E-state index is 12.8. The van der Waals surface area contributed by atoms with Crippen molar-refractivity contribution in [3.63, 3.8) is 0 Å². The smallest absolute Gasteiger partial charge is 0.252 e. The minimum Gasteiger partial charge on any atom is -0.349 e. The summed E-state index contributed by atoms with van der Waals surface area (Å²) < 4.78 is 25.6. The number of rotatable bonds is 5. The Balaban J connectivity index is 1.92. The maximum absolute atomic E-state index is 12.8. The normalized spacial score (nSPS) is 18.4. The van der Waals surface area contributed by atoms with Crippen LogP contribution in [0.15, 0.2) is 36.2 Å². The van der Waals surface area contributed by atoms with Crippen molar-refractivity contribution in [2.75, 3.05) is 18.1 Å². The largest absolute Gasteiger partial charge is 0.349 e. The Bertz CT molecular complexity index is 1160. The van der Waals surface area contributed by atoms with E-state index in [2.05, 4.69) is 17.0 Å². The molecular formula is C19H20N4O3S2. The number of carbonyl (C=O) groups is 1. The summed E-state index contributed by atoms with van der Waals surface area (Å²) in [4.78, 5) is 18.5. The molecular weight excluding hydrogens is 396 g/mol. The molecule has 0 radical (unpaired) electrons. The van der Waals surface area contributed by atoms with Gasteiger partial charge in [0, 0.05) is 6.54 Å². The number of carbonyl (C=O) groups excluding carboxylic acids is 1. The van der Waals surface area contributed by atoms with Gasteiger partial charge in [-0.1, -0.05) is 12.1 Å². The topological polar surface area (TPSA) is 93.9 Å². The highest BCUT2D eigenvalue weighted by Crippen LogP contribution is 2.33. The zero-order valence-corrected chi connectivity index (χ0v) is 17.0. The van der Waals surface area contributed by atoms with E-state index < -0.39 is 9.84 Å². The molecule has 146 valence electrons. The number of nitrogens with one attached hydrogen (secondary N) is 1.